The summed E-state index contributed by atoms with van der Waals surface area (Å²) in [4.78, 5) is 11.3. The van der Waals surface area contributed by atoms with Crippen LogP contribution >= 0.6 is 0 Å². The van der Waals surface area contributed by atoms with Crippen LogP contribution in [0.25, 0.3) is 0 Å². The average molecular weight is 141 g/mol. The number of Topliss-reactive ketones (excluding diaryl/α,β-unsaturated/α-hetero) is 1. The van der Waals surface area contributed by atoms with E-state index < -0.39 is 0 Å². The molecule has 1 N–H and O–H groups in total. The molecule has 1 saturated heterocycles. The zero-order valence-electron chi connectivity index (χ0n) is 6.68. The van der Waals surface area contributed by atoms with Crippen molar-refractivity contribution in [2.75, 3.05) is 13.1 Å². The molecule has 1 aliphatic rings. The van der Waals surface area contributed by atoms with Crippen molar-refractivity contribution in [3.63, 3.8) is 0 Å². The molecule has 0 saturated carbocycles. The van der Waals surface area contributed by atoms with E-state index in [4.69, 9.17) is 0 Å². The number of rotatable bonds is 2. The molecule has 1 aliphatic heterocycles. The van der Waals surface area contributed by atoms with E-state index in [2.05, 4.69) is 5.32 Å². The van der Waals surface area contributed by atoms with Gasteiger partial charge in [0.15, 0.2) is 0 Å². The highest BCUT2D eigenvalue weighted by Crippen LogP contribution is 2.13. The van der Waals surface area contributed by atoms with Crippen molar-refractivity contribution < 1.29 is 4.79 Å². The van der Waals surface area contributed by atoms with Gasteiger partial charge >= 0.3 is 0 Å². The van der Waals surface area contributed by atoms with Crippen molar-refractivity contribution in [2.45, 2.75) is 20.3 Å². The number of hydrogen-bond donors (Lipinski definition) is 1. The van der Waals surface area contributed by atoms with Gasteiger partial charge in [0.25, 0.3) is 0 Å². The van der Waals surface area contributed by atoms with Crippen LogP contribution in [0.5, 0.6) is 0 Å². The summed E-state index contributed by atoms with van der Waals surface area (Å²) in [6.07, 6.45) is 1.04. The second-order valence-corrected chi connectivity index (χ2v) is 3.25. The van der Waals surface area contributed by atoms with Crippen molar-refractivity contribution in [3.05, 3.63) is 0 Å². The van der Waals surface area contributed by atoms with Gasteiger partial charge in [-0.15, -0.1) is 0 Å². The maximum Gasteiger partial charge on any atom is 0.139 e. The summed E-state index contributed by atoms with van der Waals surface area (Å²) in [7, 11) is 0. The Balaban J connectivity index is 2.40. The Bertz CT molecular complexity index is 125. The smallest absolute Gasteiger partial charge is 0.139 e. The summed E-state index contributed by atoms with van der Waals surface area (Å²) in [5.74, 6) is 0.940. The number of carbonyl (C=O) groups is 1. The lowest BCUT2D eigenvalue weighted by molar-refractivity contribution is -0.125. The highest BCUT2D eigenvalue weighted by molar-refractivity contribution is 5.83. The van der Waals surface area contributed by atoms with Gasteiger partial charge in [-0.2, -0.15) is 0 Å². The zero-order chi connectivity index (χ0) is 7.56. The highest BCUT2D eigenvalue weighted by atomic mass is 16.1. The second-order valence-electron chi connectivity index (χ2n) is 3.25. The molecule has 1 fully saturated rings. The highest BCUT2D eigenvalue weighted by Gasteiger charge is 2.23. The van der Waals surface area contributed by atoms with Gasteiger partial charge in [0.2, 0.25) is 0 Å². The lowest BCUT2D eigenvalue weighted by Gasteiger charge is -2.08. The Hall–Kier alpha value is -0.370. The molecule has 1 unspecified atom stereocenters. The third-order valence-corrected chi connectivity index (χ3v) is 2.03. The molecule has 2 nitrogen and oxygen atoms in total. The van der Waals surface area contributed by atoms with E-state index >= 15 is 0 Å². The van der Waals surface area contributed by atoms with E-state index in [1.54, 1.807) is 0 Å². The minimum Gasteiger partial charge on any atom is -0.316 e. The van der Waals surface area contributed by atoms with Crippen LogP contribution in [0.15, 0.2) is 0 Å². The average Bonchev–Trinajstić information content (AvgIpc) is 2.36. The van der Waals surface area contributed by atoms with E-state index in [1.165, 1.54) is 0 Å². The molecule has 0 spiro atoms. The fourth-order valence-electron chi connectivity index (χ4n) is 1.37. The predicted octanol–water partition coefficient (Wildman–Crippen LogP) is 0.821. The molecule has 2 heteroatoms. The van der Waals surface area contributed by atoms with Gasteiger partial charge in [-0.05, 0) is 13.0 Å². The van der Waals surface area contributed by atoms with E-state index in [-0.39, 0.29) is 5.92 Å². The van der Waals surface area contributed by atoms with Crippen molar-refractivity contribution >= 4 is 5.78 Å². The van der Waals surface area contributed by atoms with E-state index in [0.29, 0.717) is 11.7 Å². The molecule has 0 aromatic rings. The maximum atomic E-state index is 11.3. The standard InChI is InChI=1S/C8H15NO/c1-6(2)8(10)7-3-4-9-5-7/h6-7,9H,3-5H2,1-2H3. The molecule has 1 atom stereocenters. The van der Waals surface area contributed by atoms with Crippen LogP contribution in [-0.2, 0) is 4.79 Å². The topological polar surface area (TPSA) is 29.1 Å². The van der Waals surface area contributed by atoms with Gasteiger partial charge in [0.1, 0.15) is 5.78 Å². The summed E-state index contributed by atoms with van der Waals surface area (Å²) in [6.45, 7) is 5.86. The molecule has 0 aromatic heterocycles. The maximum absolute atomic E-state index is 11.3. The zero-order valence-corrected chi connectivity index (χ0v) is 6.68. The van der Waals surface area contributed by atoms with Crippen LogP contribution in [0, 0.1) is 11.8 Å². The minimum absolute atomic E-state index is 0.213. The lowest BCUT2D eigenvalue weighted by atomic mass is 9.95. The largest absolute Gasteiger partial charge is 0.316 e. The first-order valence-electron chi connectivity index (χ1n) is 3.96. The molecule has 1 heterocycles. The van der Waals surface area contributed by atoms with Gasteiger partial charge < -0.3 is 5.32 Å². The summed E-state index contributed by atoms with van der Waals surface area (Å²) in [6, 6.07) is 0. The van der Waals surface area contributed by atoms with Gasteiger partial charge in [0.05, 0.1) is 0 Å². The Morgan fingerprint density at radius 3 is 2.70 bits per heavy atom. The minimum atomic E-state index is 0.213. The summed E-state index contributed by atoms with van der Waals surface area (Å²) >= 11 is 0. The van der Waals surface area contributed by atoms with E-state index in [1.807, 2.05) is 13.8 Å². The molecular formula is C8H15NO. The summed E-state index contributed by atoms with van der Waals surface area (Å²) < 4.78 is 0. The quantitative estimate of drug-likeness (QED) is 0.617. The number of ketones is 1. The number of nitrogens with one attached hydrogen (secondary N) is 1. The molecule has 0 bridgehead atoms. The Morgan fingerprint density at radius 1 is 1.60 bits per heavy atom. The van der Waals surface area contributed by atoms with Crippen LogP contribution in [0.3, 0.4) is 0 Å². The monoisotopic (exact) mass is 141 g/mol. The third kappa shape index (κ3) is 1.57. The fourth-order valence-corrected chi connectivity index (χ4v) is 1.37. The normalized spacial score (nSPS) is 25.7. The number of carbonyl (C=O) groups excluding carboxylic acids is 1. The molecule has 58 valence electrons. The van der Waals surface area contributed by atoms with Crippen LogP contribution in [0.1, 0.15) is 20.3 Å². The van der Waals surface area contributed by atoms with Gasteiger partial charge in [-0.1, -0.05) is 13.8 Å². The van der Waals surface area contributed by atoms with E-state index in [9.17, 15) is 4.79 Å². The first-order chi connectivity index (χ1) is 4.72. The van der Waals surface area contributed by atoms with E-state index in [0.717, 1.165) is 19.5 Å². The van der Waals surface area contributed by atoms with Crippen molar-refractivity contribution in [2.24, 2.45) is 11.8 Å². The van der Waals surface area contributed by atoms with Crippen LogP contribution < -0.4 is 5.32 Å². The second kappa shape index (κ2) is 3.15. The third-order valence-electron chi connectivity index (χ3n) is 2.03. The van der Waals surface area contributed by atoms with Gasteiger partial charge in [0, 0.05) is 18.4 Å². The lowest BCUT2D eigenvalue weighted by Crippen LogP contribution is -2.21. The summed E-state index contributed by atoms with van der Waals surface area (Å²) in [5, 5.41) is 3.19. The molecule has 0 aromatic carbocycles. The Morgan fingerprint density at radius 2 is 2.30 bits per heavy atom. The SMILES string of the molecule is CC(C)C(=O)C1CCNC1. The predicted molar refractivity (Wildman–Crippen MR) is 40.8 cm³/mol. The Kier molecular flexibility index (Phi) is 2.44. The number of hydrogen-bond acceptors (Lipinski definition) is 2. The Labute approximate surface area is 62.0 Å². The molecule has 10 heavy (non-hydrogen) atoms. The van der Waals surface area contributed by atoms with Crippen LogP contribution in [0.4, 0.5) is 0 Å². The van der Waals surface area contributed by atoms with Crippen molar-refractivity contribution in [1.82, 2.24) is 5.32 Å². The van der Waals surface area contributed by atoms with Crippen molar-refractivity contribution in [3.8, 4) is 0 Å². The van der Waals surface area contributed by atoms with Crippen LogP contribution in [0.2, 0.25) is 0 Å². The molecule has 1 rings (SSSR count). The first kappa shape index (κ1) is 7.73. The molecule has 0 radical (unpaired) electrons. The molecule has 0 amide bonds. The molecule has 0 aliphatic carbocycles. The fraction of sp³-hybridized carbons (Fsp3) is 0.875. The first-order valence-corrected chi connectivity index (χ1v) is 3.96. The van der Waals surface area contributed by atoms with Gasteiger partial charge in [-0.3, -0.25) is 4.79 Å². The van der Waals surface area contributed by atoms with Gasteiger partial charge in [-0.25, -0.2) is 0 Å². The summed E-state index contributed by atoms with van der Waals surface area (Å²) in [5.41, 5.74) is 0. The van der Waals surface area contributed by atoms with Crippen LogP contribution in [-0.4, -0.2) is 18.9 Å². The van der Waals surface area contributed by atoms with Crippen molar-refractivity contribution in [1.29, 1.82) is 0 Å². The molecular weight excluding hydrogens is 126 g/mol.